The molecule has 0 aromatic heterocycles. The van der Waals surface area contributed by atoms with Gasteiger partial charge in [0.05, 0.1) is 22.0 Å². The zero-order chi connectivity index (χ0) is 24.2. The van der Waals surface area contributed by atoms with Crippen LogP contribution >= 0.6 is 0 Å². The predicted octanol–water partition coefficient (Wildman–Crippen LogP) is 4.73. The molecule has 0 amide bonds. The highest BCUT2D eigenvalue weighted by molar-refractivity contribution is 7.91. The Morgan fingerprint density at radius 2 is 1.88 bits per heavy atom. The Hall–Kier alpha value is -2.74. The van der Waals surface area contributed by atoms with Crippen LogP contribution in [0.5, 0.6) is 5.75 Å². The molecule has 2 aromatic rings. The van der Waals surface area contributed by atoms with Crippen molar-refractivity contribution in [2.24, 2.45) is 5.41 Å². The summed E-state index contributed by atoms with van der Waals surface area (Å²) in [5.41, 5.74) is 1.75. The van der Waals surface area contributed by atoms with Gasteiger partial charge >= 0.3 is 5.97 Å². The summed E-state index contributed by atoms with van der Waals surface area (Å²) in [5.74, 6) is -0.824. The van der Waals surface area contributed by atoms with Crippen LogP contribution in [0.15, 0.2) is 47.4 Å². The van der Waals surface area contributed by atoms with E-state index < -0.39 is 27.8 Å². The summed E-state index contributed by atoms with van der Waals surface area (Å²) in [6.45, 7) is 4.23. The smallest absolute Gasteiger partial charge is 0.341 e. The Morgan fingerprint density at radius 3 is 2.45 bits per heavy atom. The van der Waals surface area contributed by atoms with Gasteiger partial charge in [-0.05, 0) is 31.0 Å². The molecule has 1 aliphatic rings. The Morgan fingerprint density at radius 1 is 1.18 bits per heavy atom. The quantitative estimate of drug-likeness (QED) is 0.562. The standard InChI is InChI=1S/C25H34N2O5S/c1-5-7-13-25(6-2)17-27(19-11-9-8-10-12-19)21-14-20(26(3)4)22(32-16-24(28)29)15-23(21)33(30,31)18-25/h8-12,14-15H,5-7,13,16-18H2,1-4H3,(H,28,29)/t25-/m0/s1. The van der Waals surface area contributed by atoms with Crippen molar-refractivity contribution >= 4 is 32.9 Å². The van der Waals surface area contributed by atoms with Crippen LogP contribution in [-0.2, 0) is 14.6 Å². The summed E-state index contributed by atoms with van der Waals surface area (Å²) < 4.78 is 33.1. The fourth-order valence-corrected chi connectivity index (χ4v) is 6.66. The van der Waals surface area contributed by atoms with E-state index in [4.69, 9.17) is 9.84 Å². The second kappa shape index (κ2) is 10.0. The minimum atomic E-state index is -3.66. The van der Waals surface area contributed by atoms with Gasteiger partial charge in [0.25, 0.3) is 0 Å². The monoisotopic (exact) mass is 474 g/mol. The van der Waals surface area contributed by atoms with E-state index in [0.29, 0.717) is 17.9 Å². The van der Waals surface area contributed by atoms with Crippen LogP contribution in [0.4, 0.5) is 17.1 Å². The molecule has 0 radical (unpaired) electrons. The lowest BCUT2D eigenvalue weighted by molar-refractivity contribution is -0.139. The number of fused-ring (bicyclic) bond motifs is 1. The fourth-order valence-electron chi connectivity index (χ4n) is 4.48. The molecule has 0 bridgehead atoms. The van der Waals surface area contributed by atoms with Gasteiger partial charge in [-0.15, -0.1) is 0 Å². The van der Waals surface area contributed by atoms with Crippen molar-refractivity contribution < 1.29 is 23.1 Å². The molecule has 1 heterocycles. The van der Waals surface area contributed by atoms with Crippen molar-refractivity contribution in [3.8, 4) is 5.75 Å². The number of ether oxygens (including phenoxy) is 1. The zero-order valence-corrected chi connectivity index (χ0v) is 20.7. The van der Waals surface area contributed by atoms with E-state index >= 15 is 0 Å². The summed E-state index contributed by atoms with van der Waals surface area (Å²) in [6.07, 6.45) is 3.52. The lowest BCUT2D eigenvalue weighted by atomic mass is 9.81. The van der Waals surface area contributed by atoms with Gasteiger partial charge < -0.3 is 19.6 Å². The average molecular weight is 475 g/mol. The van der Waals surface area contributed by atoms with Crippen LogP contribution < -0.4 is 14.5 Å². The molecular formula is C25H34N2O5S. The van der Waals surface area contributed by atoms with Gasteiger partial charge in [-0.25, -0.2) is 13.2 Å². The summed E-state index contributed by atoms with van der Waals surface area (Å²) >= 11 is 0. The first-order chi connectivity index (χ1) is 15.6. The minimum Gasteiger partial charge on any atom is -0.480 e. The minimum absolute atomic E-state index is 0.0481. The fraction of sp³-hybridized carbons (Fsp3) is 0.480. The maximum absolute atomic E-state index is 13.8. The van der Waals surface area contributed by atoms with Crippen LogP contribution in [0.25, 0.3) is 0 Å². The second-order valence-corrected chi connectivity index (χ2v) is 11.0. The number of carboxylic acid groups (broad SMARTS) is 1. The van der Waals surface area contributed by atoms with Crippen LogP contribution in [0, 0.1) is 5.41 Å². The van der Waals surface area contributed by atoms with E-state index in [1.54, 1.807) is 0 Å². The number of anilines is 3. The first-order valence-corrected chi connectivity index (χ1v) is 13.0. The average Bonchev–Trinajstić information content (AvgIpc) is 2.88. The normalized spacial score (nSPS) is 19.5. The van der Waals surface area contributed by atoms with E-state index in [1.165, 1.54) is 6.07 Å². The number of para-hydroxylation sites is 1. The van der Waals surface area contributed by atoms with E-state index in [2.05, 4.69) is 18.7 Å². The zero-order valence-electron chi connectivity index (χ0n) is 19.9. The third-order valence-corrected chi connectivity index (χ3v) is 8.36. The molecular weight excluding hydrogens is 440 g/mol. The van der Waals surface area contributed by atoms with Crippen LogP contribution in [0.3, 0.4) is 0 Å². The number of carboxylic acids is 1. The second-order valence-electron chi connectivity index (χ2n) is 9.00. The number of hydrogen-bond donors (Lipinski definition) is 1. The molecule has 33 heavy (non-hydrogen) atoms. The Bertz CT molecular complexity index is 1090. The highest BCUT2D eigenvalue weighted by Gasteiger charge is 2.42. The van der Waals surface area contributed by atoms with Crippen molar-refractivity contribution in [3.05, 3.63) is 42.5 Å². The van der Waals surface area contributed by atoms with E-state index in [-0.39, 0.29) is 16.4 Å². The van der Waals surface area contributed by atoms with Crippen molar-refractivity contribution in [1.29, 1.82) is 0 Å². The van der Waals surface area contributed by atoms with Gasteiger partial charge in [-0.3, -0.25) is 0 Å². The molecule has 0 spiro atoms. The molecule has 0 aliphatic carbocycles. The van der Waals surface area contributed by atoms with E-state index in [1.807, 2.05) is 55.4 Å². The molecule has 1 N–H and O–H groups in total. The number of hydrogen-bond acceptors (Lipinski definition) is 6. The largest absolute Gasteiger partial charge is 0.480 e. The van der Waals surface area contributed by atoms with Gasteiger partial charge in [0.15, 0.2) is 16.4 Å². The molecule has 0 fully saturated rings. The molecule has 2 aromatic carbocycles. The molecule has 8 heteroatoms. The van der Waals surface area contributed by atoms with Gasteiger partial charge in [0, 0.05) is 37.8 Å². The maximum Gasteiger partial charge on any atom is 0.341 e. The maximum atomic E-state index is 13.8. The first kappa shape index (κ1) is 24.9. The SMILES string of the molecule is CCCC[C@@]1(CC)CN(c2ccccc2)c2cc(N(C)C)c(OCC(=O)O)cc2S(=O)(=O)C1. The van der Waals surface area contributed by atoms with E-state index in [9.17, 15) is 13.2 Å². The highest BCUT2D eigenvalue weighted by atomic mass is 32.2. The number of sulfone groups is 1. The van der Waals surface area contributed by atoms with Crippen LogP contribution in [0.2, 0.25) is 0 Å². The molecule has 3 rings (SSSR count). The van der Waals surface area contributed by atoms with Gasteiger partial charge in [0.1, 0.15) is 5.75 Å². The molecule has 1 atom stereocenters. The molecule has 0 saturated carbocycles. The summed E-state index contributed by atoms with van der Waals surface area (Å²) in [4.78, 5) is 15.2. The van der Waals surface area contributed by atoms with Crippen LogP contribution in [-0.4, -0.2) is 52.5 Å². The number of carbonyl (C=O) groups is 1. The van der Waals surface area contributed by atoms with E-state index in [0.717, 1.165) is 31.4 Å². The Balaban J connectivity index is 2.27. The third kappa shape index (κ3) is 5.43. The van der Waals surface area contributed by atoms with Crippen LogP contribution in [0.1, 0.15) is 39.5 Å². The van der Waals surface area contributed by atoms with Gasteiger partial charge in [-0.1, -0.05) is 44.9 Å². The predicted molar refractivity (Wildman–Crippen MR) is 132 cm³/mol. The lowest BCUT2D eigenvalue weighted by Crippen LogP contribution is -2.37. The van der Waals surface area contributed by atoms with Crippen molar-refractivity contribution in [2.45, 2.75) is 44.4 Å². The Labute approximate surface area is 196 Å². The lowest BCUT2D eigenvalue weighted by Gasteiger charge is -2.36. The Kier molecular flexibility index (Phi) is 7.57. The van der Waals surface area contributed by atoms with Gasteiger partial charge in [-0.2, -0.15) is 0 Å². The molecule has 180 valence electrons. The topological polar surface area (TPSA) is 87.2 Å². The third-order valence-electron chi connectivity index (χ3n) is 6.37. The molecule has 1 aliphatic heterocycles. The van der Waals surface area contributed by atoms with Crippen molar-refractivity contribution in [3.63, 3.8) is 0 Å². The number of aliphatic carboxylic acids is 1. The molecule has 7 nitrogen and oxygen atoms in total. The first-order valence-electron chi connectivity index (χ1n) is 11.4. The summed E-state index contributed by atoms with van der Waals surface area (Å²) in [5, 5.41) is 9.10. The number of unbranched alkanes of at least 4 members (excludes halogenated alkanes) is 1. The van der Waals surface area contributed by atoms with Crippen molar-refractivity contribution in [1.82, 2.24) is 0 Å². The summed E-state index contributed by atoms with van der Waals surface area (Å²) in [7, 11) is -0.0119. The number of nitrogens with zero attached hydrogens (tertiary/aromatic N) is 2. The van der Waals surface area contributed by atoms with Crippen molar-refractivity contribution in [2.75, 3.05) is 42.8 Å². The highest BCUT2D eigenvalue weighted by Crippen LogP contribution is 2.47. The molecule has 0 saturated heterocycles. The molecule has 0 unspecified atom stereocenters. The number of benzene rings is 2. The summed E-state index contributed by atoms with van der Waals surface area (Å²) in [6, 6.07) is 13.1. The van der Waals surface area contributed by atoms with Gasteiger partial charge in [0.2, 0.25) is 0 Å². The number of rotatable bonds is 9.